The van der Waals surface area contributed by atoms with Crippen molar-refractivity contribution in [2.45, 2.75) is 19.8 Å². The van der Waals surface area contributed by atoms with Gasteiger partial charge >= 0.3 is 0 Å². The van der Waals surface area contributed by atoms with E-state index in [2.05, 4.69) is 6.07 Å². The molecule has 0 saturated heterocycles. The largest absolute Gasteiger partial charge is 0.494 e. The topological polar surface area (TPSA) is 38.5 Å². The number of hydrogen-bond donors (Lipinski definition) is 1. The normalized spacial score (nSPS) is 14.1. The molecule has 1 aliphatic rings. The van der Waals surface area contributed by atoms with Gasteiger partial charge in [0, 0.05) is 12.1 Å². The minimum Gasteiger partial charge on any atom is -0.494 e. The summed E-state index contributed by atoms with van der Waals surface area (Å²) in [5.74, 6) is 6.88. The van der Waals surface area contributed by atoms with Gasteiger partial charge in [-0.3, -0.25) is 0 Å². The van der Waals surface area contributed by atoms with Crippen LogP contribution < -0.4 is 15.6 Å². The molecule has 0 fully saturated rings. The number of halogens is 1. The van der Waals surface area contributed by atoms with Gasteiger partial charge < -0.3 is 9.75 Å². The molecular weight excluding hydrogens is 212 g/mol. The maximum absolute atomic E-state index is 5.89. The van der Waals surface area contributed by atoms with Crippen molar-refractivity contribution in [3.05, 3.63) is 23.8 Å². The number of rotatable bonds is 2. The first-order chi connectivity index (χ1) is 6.83. The van der Waals surface area contributed by atoms with Crippen LogP contribution >= 0.6 is 12.4 Å². The van der Waals surface area contributed by atoms with Crippen LogP contribution in [0.4, 0.5) is 5.69 Å². The number of benzene rings is 1. The van der Waals surface area contributed by atoms with Crippen LogP contribution in [0.5, 0.6) is 5.75 Å². The molecular formula is C11H17ClN2O. The number of anilines is 1. The van der Waals surface area contributed by atoms with Crippen molar-refractivity contribution in [2.24, 2.45) is 5.84 Å². The van der Waals surface area contributed by atoms with E-state index in [0.717, 1.165) is 30.8 Å². The number of fused-ring (bicyclic) bond motifs is 1. The second-order valence-electron chi connectivity index (χ2n) is 3.48. The molecule has 0 aliphatic carbocycles. The van der Waals surface area contributed by atoms with Crippen molar-refractivity contribution in [2.75, 3.05) is 18.2 Å². The summed E-state index contributed by atoms with van der Waals surface area (Å²) in [7, 11) is 0. The fraction of sp³-hybridized carbons (Fsp3) is 0.455. The molecule has 0 atom stereocenters. The molecule has 4 heteroatoms. The fourth-order valence-electron chi connectivity index (χ4n) is 1.91. The van der Waals surface area contributed by atoms with Gasteiger partial charge in [0.1, 0.15) is 5.75 Å². The minimum absolute atomic E-state index is 0. The predicted octanol–water partition coefficient (Wildman–Crippen LogP) is 2.13. The van der Waals surface area contributed by atoms with Gasteiger partial charge in [0.2, 0.25) is 0 Å². The highest BCUT2D eigenvalue weighted by atomic mass is 35.5. The summed E-state index contributed by atoms with van der Waals surface area (Å²) in [5, 5.41) is 1.81. The Labute approximate surface area is 96.6 Å². The summed E-state index contributed by atoms with van der Waals surface area (Å²) in [6.45, 7) is 3.64. The number of nitrogens with zero attached hydrogens (tertiary/aromatic N) is 1. The molecule has 0 saturated carbocycles. The summed E-state index contributed by atoms with van der Waals surface area (Å²) in [4.78, 5) is 0. The Morgan fingerprint density at radius 3 is 3.00 bits per heavy atom. The summed E-state index contributed by atoms with van der Waals surface area (Å²) in [5.41, 5.74) is 2.37. The maximum atomic E-state index is 5.89. The van der Waals surface area contributed by atoms with Crippen molar-refractivity contribution >= 4 is 18.1 Å². The second-order valence-corrected chi connectivity index (χ2v) is 3.48. The molecule has 2 rings (SSSR count). The quantitative estimate of drug-likeness (QED) is 0.789. The van der Waals surface area contributed by atoms with Crippen LogP contribution in [0.25, 0.3) is 0 Å². The Hall–Kier alpha value is -0.930. The third-order valence-electron chi connectivity index (χ3n) is 2.54. The van der Waals surface area contributed by atoms with Gasteiger partial charge in [-0.15, -0.1) is 12.4 Å². The Balaban J connectivity index is 0.00000112. The minimum atomic E-state index is 0. The molecule has 84 valence electrons. The molecule has 1 heterocycles. The Bertz CT molecular complexity index is 330. The number of hydrogen-bond acceptors (Lipinski definition) is 3. The molecule has 1 aliphatic heterocycles. The number of hydrazine groups is 1. The molecule has 0 amide bonds. The van der Waals surface area contributed by atoms with Crippen LogP contribution in [0.2, 0.25) is 0 Å². The van der Waals surface area contributed by atoms with Crippen LogP contribution in [0, 0.1) is 0 Å². The zero-order chi connectivity index (χ0) is 9.97. The van der Waals surface area contributed by atoms with E-state index >= 15 is 0 Å². The lowest BCUT2D eigenvalue weighted by molar-refractivity contribution is 0.335. The lowest BCUT2D eigenvalue weighted by Crippen LogP contribution is -2.35. The average molecular weight is 229 g/mol. The van der Waals surface area contributed by atoms with E-state index in [-0.39, 0.29) is 12.4 Å². The zero-order valence-corrected chi connectivity index (χ0v) is 9.72. The Morgan fingerprint density at radius 1 is 1.47 bits per heavy atom. The van der Waals surface area contributed by atoms with Crippen molar-refractivity contribution in [3.8, 4) is 5.75 Å². The highest BCUT2D eigenvalue weighted by Crippen LogP contribution is 2.32. The van der Waals surface area contributed by atoms with Gasteiger partial charge in [-0.05, 0) is 31.9 Å². The van der Waals surface area contributed by atoms with E-state index in [0.29, 0.717) is 6.61 Å². The molecule has 1 aromatic rings. The highest BCUT2D eigenvalue weighted by molar-refractivity contribution is 5.85. The van der Waals surface area contributed by atoms with Gasteiger partial charge in [0.15, 0.2) is 0 Å². The first kappa shape index (κ1) is 12.1. The number of ether oxygens (including phenoxy) is 1. The Kier molecular flexibility index (Phi) is 4.24. The molecule has 0 bridgehead atoms. The predicted molar refractivity (Wildman–Crippen MR) is 64.7 cm³/mol. The van der Waals surface area contributed by atoms with Crippen LogP contribution in [-0.4, -0.2) is 13.2 Å². The molecule has 3 nitrogen and oxygen atoms in total. The lowest BCUT2D eigenvalue weighted by atomic mass is 10.0. The van der Waals surface area contributed by atoms with Gasteiger partial charge in [0.05, 0.1) is 12.3 Å². The van der Waals surface area contributed by atoms with Gasteiger partial charge in [-0.25, -0.2) is 5.84 Å². The lowest BCUT2D eigenvalue weighted by Gasteiger charge is -2.28. The smallest absolute Gasteiger partial charge is 0.124 e. The Morgan fingerprint density at radius 2 is 2.27 bits per heavy atom. The standard InChI is InChI=1S/C11H16N2O.ClH/c1-2-14-11-7-3-6-10-9(11)5-4-8-13(10)12;/h3,6-7H,2,4-5,8,12H2,1H3;1H. The van der Waals surface area contributed by atoms with Crippen molar-refractivity contribution in [1.82, 2.24) is 0 Å². The third kappa shape index (κ3) is 2.36. The summed E-state index contributed by atoms with van der Waals surface area (Å²) in [6, 6.07) is 6.06. The van der Waals surface area contributed by atoms with E-state index in [1.807, 2.05) is 19.1 Å². The molecule has 15 heavy (non-hydrogen) atoms. The summed E-state index contributed by atoms with van der Waals surface area (Å²) < 4.78 is 5.57. The summed E-state index contributed by atoms with van der Waals surface area (Å²) >= 11 is 0. The fourth-order valence-corrected chi connectivity index (χ4v) is 1.91. The van der Waals surface area contributed by atoms with Crippen LogP contribution in [0.3, 0.4) is 0 Å². The first-order valence-corrected chi connectivity index (χ1v) is 5.10. The summed E-state index contributed by atoms with van der Waals surface area (Å²) in [6.07, 6.45) is 2.17. The van der Waals surface area contributed by atoms with Crippen molar-refractivity contribution in [3.63, 3.8) is 0 Å². The highest BCUT2D eigenvalue weighted by Gasteiger charge is 2.17. The van der Waals surface area contributed by atoms with E-state index in [9.17, 15) is 0 Å². The second kappa shape index (κ2) is 5.24. The van der Waals surface area contributed by atoms with Gasteiger partial charge in [-0.2, -0.15) is 0 Å². The monoisotopic (exact) mass is 228 g/mol. The van der Waals surface area contributed by atoms with E-state index in [1.165, 1.54) is 5.56 Å². The van der Waals surface area contributed by atoms with E-state index in [1.54, 1.807) is 5.01 Å². The average Bonchev–Trinajstić information content (AvgIpc) is 2.20. The maximum Gasteiger partial charge on any atom is 0.124 e. The SMILES string of the molecule is CCOc1cccc2c1CCCN2N.Cl. The van der Waals surface area contributed by atoms with Crippen LogP contribution in [0.1, 0.15) is 18.9 Å². The molecule has 0 radical (unpaired) electrons. The molecule has 0 unspecified atom stereocenters. The van der Waals surface area contributed by atoms with Crippen LogP contribution in [0.15, 0.2) is 18.2 Å². The molecule has 0 spiro atoms. The van der Waals surface area contributed by atoms with Crippen molar-refractivity contribution in [1.29, 1.82) is 0 Å². The molecule has 0 aromatic heterocycles. The first-order valence-electron chi connectivity index (χ1n) is 5.10. The van der Waals surface area contributed by atoms with Crippen LogP contribution in [-0.2, 0) is 6.42 Å². The molecule has 1 aromatic carbocycles. The van der Waals surface area contributed by atoms with E-state index in [4.69, 9.17) is 10.6 Å². The number of nitrogens with two attached hydrogens (primary N) is 1. The van der Waals surface area contributed by atoms with E-state index < -0.39 is 0 Å². The molecule has 2 N–H and O–H groups in total. The third-order valence-corrected chi connectivity index (χ3v) is 2.54. The van der Waals surface area contributed by atoms with Gasteiger partial charge in [-0.1, -0.05) is 6.07 Å². The van der Waals surface area contributed by atoms with Gasteiger partial charge in [0.25, 0.3) is 0 Å². The van der Waals surface area contributed by atoms with Crippen molar-refractivity contribution < 1.29 is 4.74 Å². The zero-order valence-electron chi connectivity index (χ0n) is 8.90.